The first kappa shape index (κ1) is 14.8. The maximum Gasteiger partial charge on any atom is 0.274 e. The fraction of sp³-hybridized carbons (Fsp3) is 0.200. The van der Waals surface area contributed by atoms with Gasteiger partial charge < -0.3 is 10.1 Å². The number of hydrogen-bond donors (Lipinski definition) is 1. The molecule has 0 saturated carbocycles. The fourth-order valence-electron chi connectivity index (χ4n) is 2.11. The van der Waals surface area contributed by atoms with Crippen LogP contribution in [0.5, 0.6) is 5.75 Å². The quantitative estimate of drug-likeness (QED) is 0.669. The third kappa shape index (κ3) is 3.47. The molecule has 0 bridgehead atoms. The van der Waals surface area contributed by atoms with Gasteiger partial charge in [0, 0.05) is 17.3 Å². The topological polar surface area (TPSA) is 64.4 Å². The summed E-state index contributed by atoms with van der Waals surface area (Å²) in [5.41, 5.74) is 0.941. The Morgan fingerprint density at radius 2 is 2.00 bits per heavy atom. The van der Waals surface area contributed by atoms with Crippen LogP contribution in [0, 0.1) is 15.9 Å². The van der Waals surface area contributed by atoms with Gasteiger partial charge in [0.15, 0.2) is 0 Å². The van der Waals surface area contributed by atoms with Crippen molar-refractivity contribution in [3.05, 3.63) is 64.0 Å². The van der Waals surface area contributed by atoms with E-state index in [-0.39, 0.29) is 11.7 Å². The molecule has 0 heterocycles. The SMILES string of the molecule is COc1ccccc1C(C)Nc1cc(F)cc([N+](=O)[O-])c1. The maximum atomic E-state index is 13.4. The molecule has 5 nitrogen and oxygen atoms in total. The third-order valence-electron chi connectivity index (χ3n) is 3.08. The van der Waals surface area contributed by atoms with Crippen LogP contribution in [0.2, 0.25) is 0 Å². The summed E-state index contributed by atoms with van der Waals surface area (Å²) in [7, 11) is 1.57. The van der Waals surface area contributed by atoms with E-state index in [1.54, 1.807) is 7.11 Å². The average Bonchev–Trinajstić information content (AvgIpc) is 2.46. The second-order valence-electron chi connectivity index (χ2n) is 4.56. The van der Waals surface area contributed by atoms with Gasteiger partial charge in [-0.3, -0.25) is 10.1 Å². The van der Waals surface area contributed by atoms with Crippen molar-refractivity contribution >= 4 is 11.4 Å². The van der Waals surface area contributed by atoms with Gasteiger partial charge >= 0.3 is 0 Å². The van der Waals surface area contributed by atoms with Crippen LogP contribution in [0.4, 0.5) is 15.8 Å². The molecule has 2 rings (SSSR count). The van der Waals surface area contributed by atoms with Gasteiger partial charge in [0.25, 0.3) is 5.69 Å². The zero-order valence-electron chi connectivity index (χ0n) is 11.7. The molecule has 1 unspecified atom stereocenters. The summed E-state index contributed by atoms with van der Waals surface area (Å²) in [4.78, 5) is 10.1. The number of rotatable bonds is 5. The van der Waals surface area contributed by atoms with Gasteiger partial charge in [-0.2, -0.15) is 0 Å². The molecule has 0 radical (unpaired) electrons. The summed E-state index contributed by atoms with van der Waals surface area (Å²) in [6.45, 7) is 1.87. The first-order valence-corrected chi connectivity index (χ1v) is 6.35. The van der Waals surface area contributed by atoms with Gasteiger partial charge in [0.2, 0.25) is 0 Å². The molecule has 6 heteroatoms. The Balaban J connectivity index is 2.27. The van der Waals surface area contributed by atoms with Crippen molar-refractivity contribution in [2.75, 3.05) is 12.4 Å². The van der Waals surface area contributed by atoms with E-state index in [1.165, 1.54) is 12.1 Å². The van der Waals surface area contributed by atoms with E-state index in [9.17, 15) is 14.5 Å². The van der Waals surface area contributed by atoms with Crippen LogP contribution in [0.15, 0.2) is 42.5 Å². The lowest BCUT2D eigenvalue weighted by atomic mass is 10.1. The summed E-state index contributed by atoms with van der Waals surface area (Å²) >= 11 is 0. The van der Waals surface area contributed by atoms with Gasteiger partial charge in [-0.05, 0) is 19.1 Å². The van der Waals surface area contributed by atoms with E-state index < -0.39 is 10.7 Å². The average molecular weight is 290 g/mol. The second-order valence-corrected chi connectivity index (χ2v) is 4.56. The van der Waals surface area contributed by atoms with E-state index in [2.05, 4.69) is 5.32 Å². The van der Waals surface area contributed by atoms with E-state index in [0.29, 0.717) is 11.4 Å². The van der Waals surface area contributed by atoms with E-state index in [0.717, 1.165) is 11.6 Å². The highest BCUT2D eigenvalue weighted by Gasteiger charge is 2.14. The number of halogens is 1. The predicted molar refractivity (Wildman–Crippen MR) is 78.1 cm³/mol. The molecule has 0 fully saturated rings. The standard InChI is InChI=1S/C15H15FN2O3/c1-10(14-5-3-4-6-15(14)21-2)17-12-7-11(16)8-13(9-12)18(19)20/h3-10,17H,1-2H3. The van der Waals surface area contributed by atoms with Crippen LogP contribution in [0.3, 0.4) is 0 Å². The fourth-order valence-corrected chi connectivity index (χ4v) is 2.11. The number of nitro benzene ring substituents is 1. The summed E-state index contributed by atoms with van der Waals surface area (Å²) in [6, 6.07) is 10.6. The number of ether oxygens (including phenoxy) is 1. The Hall–Kier alpha value is -2.63. The predicted octanol–water partition coefficient (Wildman–Crippen LogP) is 3.92. The minimum atomic E-state index is -0.654. The molecule has 0 aliphatic rings. The third-order valence-corrected chi connectivity index (χ3v) is 3.08. The molecule has 21 heavy (non-hydrogen) atoms. The second kappa shape index (κ2) is 6.21. The number of benzene rings is 2. The molecule has 2 aromatic carbocycles. The monoisotopic (exact) mass is 290 g/mol. The zero-order valence-corrected chi connectivity index (χ0v) is 11.7. The number of methoxy groups -OCH3 is 1. The van der Waals surface area contributed by atoms with Crippen LogP contribution in [0.25, 0.3) is 0 Å². The molecule has 0 aromatic heterocycles. The molecule has 2 aromatic rings. The van der Waals surface area contributed by atoms with Crippen molar-refractivity contribution in [3.63, 3.8) is 0 Å². The van der Waals surface area contributed by atoms with Crippen LogP contribution < -0.4 is 10.1 Å². The molecule has 0 saturated heterocycles. The molecule has 110 valence electrons. The minimum absolute atomic E-state index is 0.192. The van der Waals surface area contributed by atoms with Gasteiger partial charge in [-0.15, -0.1) is 0 Å². The number of nitrogens with zero attached hydrogens (tertiary/aromatic N) is 1. The van der Waals surface area contributed by atoms with Crippen molar-refractivity contribution < 1.29 is 14.1 Å². The number of nitrogens with one attached hydrogen (secondary N) is 1. The lowest BCUT2D eigenvalue weighted by molar-refractivity contribution is -0.385. The molecule has 1 N–H and O–H groups in total. The molecule has 0 aliphatic carbocycles. The minimum Gasteiger partial charge on any atom is -0.496 e. The number of hydrogen-bond acceptors (Lipinski definition) is 4. The Kier molecular flexibility index (Phi) is 4.37. The van der Waals surface area contributed by atoms with Crippen molar-refractivity contribution in [2.45, 2.75) is 13.0 Å². The van der Waals surface area contributed by atoms with Crippen LogP contribution in [-0.2, 0) is 0 Å². The Bertz CT molecular complexity index is 661. The van der Waals surface area contributed by atoms with Crippen LogP contribution in [0.1, 0.15) is 18.5 Å². The van der Waals surface area contributed by atoms with Crippen molar-refractivity contribution in [3.8, 4) is 5.75 Å². The number of nitro groups is 1. The molecule has 0 amide bonds. The number of non-ortho nitro benzene ring substituents is 1. The van der Waals surface area contributed by atoms with Crippen molar-refractivity contribution in [1.29, 1.82) is 0 Å². The number of anilines is 1. The summed E-state index contributed by atoms with van der Waals surface area (Å²) in [6.07, 6.45) is 0. The normalized spacial score (nSPS) is 11.8. The molecular weight excluding hydrogens is 275 g/mol. The summed E-state index contributed by atoms with van der Waals surface area (Å²) in [5.74, 6) is 0.0438. The van der Waals surface area contributed by atoms with E-state index >= 15 is 0 Å². The van der Waals surface area contributed by atoms with Gasteiger partial charge in [-0.25, -0.2) is 4.39 Å². The number of para-hydroxylation sites is 1. The highest BCUT2D eigenvalue weighted by Crippen LogP contribution is 2.29. The van der Waals surface area contributed by atoms with Gasteiger partial charge in [0.05, 0.1) is 24.1 Å². The van der Waals surface area contributed by atoms with E-state index in [4.69, 9.17) is 4.74 Å². The van der Waals surface area contributed by atoms with Gasteiger partial charge in [0.1, 0.15) is 11.6 Å². The first-order chi connectivity index (χ1) is 10.0. The Morgan fingerprint density at radius 1 is 1.29 bits per heavy atom. The molecular formula is C15H15FN2O3. The molecule has 0 spiro atoms. The largest absolute Gasteiger partial charge is 0.496 e. The first-order valence-electron chi connectivity index (χ1n) is 6.35. The smallest absolute Gasteiger partial charge is 0.274 e. The zero-order chi connectivity index (χ0) is 15.4. The lowest BCUT2D eigenvalue weighted by Gasteiger charge is -2.18. The van der Waals surface area contributed by atoms with Gasteiger partial charge in [-0.1, -0.05) is 18.2 Å². The summed E-state index contributed by atoms with van der Waals surface area (Å²) in [5, 5.41) is 13.8. The highest BCUT2D eigenvalue weighted by molar-refractivity contribution is 5.53. The Morgan fingerprint density at radius 3 is 2.67 bits per heavy atom. The highest BCUT2D eigenvalue weighted by atomic mass is 19.1. The van der Waals surface area contributed by atoms with Crippen molar-refractivity contribution in [2.24, 2.45) is 0 Å². The Labute approximate surface area is 121 Å². The van der Waals surface area contributed by atoms with E-state index in [1.807, 2.05) is 31.2 Å². The maximum absolute atomic E-state index is 13.4. The molecule has 1 atom stereocenters. The summed E-state index contributed by atoms with van der Waals surface area (Å²) < 4.78 is 18.7. The lowest BCUT2D eigenvalue weighted by Crippen LogP contribution is -2.08. The van der Waals surface area contributed by atoms with Crippen molar-refractivity contribution in [1.82, 2.24) is 0 Å². The van der Waals surface area contributed by atoms with Crippen LogP contribution in [-0.4, -0.2) is 12.0 Å². The molecule has 0 aliphatic heterocycles. The van der Waals surface area contributed by atoms with Crippen LogP contribution >= 0.6 is 0 Å².